The molecule has 0 radical (unpaired) electrons. The first-order valence-electron chi connectivity index (χ1n) is 16.4. The summed E-state index contributed by atoms with van der Waals surface area (Å²) in [5.41, 5.74) is -38.0. The van der Waals surface area contributed by atoms with Crippen LogP contribution in [0.5, 0.6) is 0 Å². The van der Waals surface area contributed by atoms with Gasteiger partial charge in [0.15, 0.2) is 140 Å². The van der Waals surface area contributed by atoms with Crippen LogP contribution in [0.15, 0.2) is 0 Å². The average Bonchev–Trinajstić information content (AvgIpc) is 3.24. The molecule has 0 aliphatic carbocycles. The maximum absolute atomic E-state index is 15.4. The van der Waals surface area contributed by atoms with Gasteiger partial charge in [0.25, 0.3) is 0 Å². The Morgan fingerprint density at radius 3 is 0.279 bits per heavy atom. The van der Waals surface area contributed by atoms with E-state index in [0.717, 1.165) is 0 Å². The van der Waals surface area contributed by atoms with Crippen LogP contribution >= 0.6 is 0 Å². The van der Waals surface area contributed by atoms with Crippen molar-refractivity contribution in [1.82, 2.24) is 0 Å². The summed E-state index contributed by atoms with van der Waals surface area (Å²) >= 11 is 0. The van der Waals surface area contributed by atoms with E-state index < -0.39 is 219 Å². The minimum absolute atomic E-state index is 3.05. The summed E-state index contributed by atoms with van der Waals surface area (Å²) in [7, 11) is 0. The highest BCUT2D eigenvalue weighted by Gasteiger charge is 2.47. The second-order valence-corrected chi connectivity index (χ2v) is 13.0. The Bertz CT molecular complexity index is 2840. The molecular formula is C38F30. The predicted molar refractivity (Wildman–Crippen MR) is 163 cm³/mol. The van der Waals surface area contributed by atoms with Crippen molar-refractivity contribution in [3.63, 3.8) is 0 Å². The van der Waals surface area contributed by atoms with E-state index in [-0.39, 0.29) is 0 Å². The summed E-state index contributed by atoms with van der Waals surface area (Å²) in [5, 5.41) is 0. The number of halogens is 30. The fraction of sp³-hybridized carbons (Fsp3) is 0.0526. The normalized spacial score (nSPS) is 12.3. The number of hydrogen-bond acceptors (Lipinski definition) is 0. The zero-order chi connectivity index (χ0) is 51.8. The lowest BCUT2D eigenvalue weighted by molar-refractivity contribution is -0.144. The van der Waals surface area contributed by atoms with Crippen LogP contribution in [0.4, 0.5) is 132 Å². The molecule has 0 amide bonds. The topological polar surface area (TPSA) is 0 Å². The molecule has 0 aromatic heterocycles. The monoisotopic (exact) mass is 1030 g/mol. The van der Waals surface area contributed by atoms with Crippen molar-refractivity contribution < 1.29 is 132 Å². The number of benzene rings is 6. The van der Waals surface area contributed by atoms with Crippen LogP contribution in [0.2, 0.25) is 0 Å². The molecule has 6 aromatic rings. The van der Waals surface area contributed by atoms with Gasteiger partial charge in [-0.2, -0.15) is 26.3 Å². The van der Waals surface area contributed by atoms with E-state index in [1.54, 1.807) is 0 Å². The lowest BCUT2D eigenvalue weighted by Crippen LogP contribution is -2.17. The molecule has 0 fully saturated rings. The number of rotatable bonds is 5. The lowest BCUT2D eigenvalue weighted by Gasteiger charge is -2.19. The molecule has 0 aliphatic heterocycles. The molecule has 0 unspecified atom stereocenters. The molecule has 30 heteroatoms. The van der Waals surface area contributed by atoms with E-state index in [9.17, 15) is 61.5 Å². The highest BCUT2D eigenvalue weighted by atomic mass is 19.4. The smallest absolute Gasteiger partial charge is 0.203 e. The van der Waals surface area contributed by atoms with Crippen LogP contribution in [-0.2, 0) is 12.4 Å². The molecule has 68 heavy (non-hydrogen) atoms. The Morgan fingerprint density at radius 1 is 0.132 bits per heavy atom. The molecule has 0 heterocycles. The Morgan fingerprint density at radius 2 is 0.206 bits per heavy atom. The zero-order valence-electron chi connectivity index (χ0n) is 30.3. The fourth-order valence-corrected chi connectivity index (χ4v) is 6.48. The minimum Gasteiger partial charge on any atom is -0.203 e. The van der Waals surface area contributed by atoms with E-state index in [1.807, 2.05) is 0 Å². The minimum atomic E-state index is -6.34. The summed E-state index contributed by atoms with van der Waals surface area (Å²) in [6, 6.07) is 0. The predicted octanol–water partition coefficient (Wildman–Crippen LogP) is 15.4. The Labute approximate surface area is 350 Å². The quantitative estimate of drug-likeness (QED) is 0.119. The molecule has 0 saturated carbocycles. The van der Waals surface area contributed by atoms with Gasteiger partial charge in [0, 0.05) is 0 Å². The molecule has 0 spiro atoms. The maximum Gasteiger partial charge on any atom is 0.422 e. The van der Waals surface area contributed by atoms with Gasteiger partial charge >= 0.3 is 12.4 Å². The molecule has 0 aliphatic rings. The van der Waals surface area contributed by atoms with Gasteiger partial charge in [-0.15, -0.1) is 0 Å². The summed E-state index contributed by atoms with van der Waals surface area (Å²) < 4.78 is 438. The summed E-state index contributed by atoms with van der Waals surface area (Å²) in [6.07, 6.45) is -12.7. The maximum atomic E-state index is 15.4. The number of alkyl halides is 6. The third-order valence-corrected chi connectivity index (χ3v) is 9.40. The first kappa shape index (κ1) is 50.6. The second-order valence-electron chi connectivity index (χ2n) is 13.0. The third-order valence-electron chi connectivity index (χ3n) is 9.40. The van der Waals surface area contributed by atoms with E-state index in [2.05, 4.69) is 0 Å². The van der Waals surface area contributed by atoms with Crippen LogP contribution < -0.4 is 0 Å². The lowest BCUT2D eigenvalue weighted by atomic mass is 9.91. The van der Waals surface area contributed by atoms with Crippen molar-refractivity contribution in [2.75, 3.05) is 0 Å². The van der Waals surface area contributed by atoms with E-state index in [4.69, 9.17) is 0 Å². The van der Waals surface area contributed by atoms with Crippen molar-refractivity contribution in [3.05, 3.63) is 151 Å². The third kappa shape index (κ3) is 7.01. The first-order valence-corrected chi connectivity index (χ1v) is 16.4. The van der Waals surface area contributed by atoms with Gasteiger partial charge in [-0.05, 0) is 0 Å². The van der Waals surface area contributed by atoms with Crippen molar-refractivity contribution in [3.8, 4) is 55.6 Å². The van der Waals surface area contributed by atoms with Gasteiger partial charge in [-0.25, -0.2) is 105 Å². The fourth-order valence-electron chi connectivity index (χ4n) is 6.48. The van der Waals surface area contributed by atoms with Gasteiger partial charge in [-0.1, -0.05) is 0 Å². The van der Waals surface area contributed by atoms with Gasteiger partial charge in [0.2, 0.25) is 0 Å². The summed E-state index contributed by atoms with van der Waals surface area (Å²) in [4.78, 5) is 0. The number of hydrogen-bond donors (Lipinski definition) is 0. The second kappa shape index (κ2) is 16.5. The van der Waals surface area contributed by atoms with Gasteiger partial charge in [-0.3, -0.25) is 0 Å². The highest BCUT2D eigenvalue weighted by molar-refractivity contribution is 5.81. The van der Waals surface area contributed by atoms with Gasteiger partial charge in [0.1, 0.15) is 11.1 Å². The Kier molecular flexibility index (Phi) is 12.3. The molecular weight excluding hydrogens is 1030 g/mol. The van der Waals surface area contributed by atoms with Crippen LogP contribution in [0.1, 0.15) is 11.1 Å². The molecule has 362 valence electrons. The van der Waals surface area contributed by atoms with Crippen LogP contribution in [-0.4, -0.2) is 0 Å². The summed E-state index contributed by atoms with van der Waals surface area (Å²) in [5.74, 6) is -84.5. The van der Waals surface area contributed by atoms with Crippen LogP contribution in [0, 0.1) is 140 Å². The highest BCUT2D eigenvalue weighted by Crippen LogP contribution is 2.49. The molecule has 0 N–H and O–H groups in total. The van der Waals surface area contributed by atoms with Crippen molar-refractivity contribution >= 4 is 0 Å². The van der Waals surface area contributed by atoms with Crippen LogP contribution in [0.3, 0.4) is 0 Å². The van der Waals surface area contributed by atoms with Gasteiger partial charge < -0.3 is 0 Å². The molecule has 6 aromatic carbocycles. The average molecular weight is 1030 g/mol. The molecule has 0 bridgehead atoms. The zero-order valence-corrected chi connectivity index (χ0v) is 30.3. The van der Waals surface area contributed by atoms with E-state index in [1.165, 1.54) is 0 Å². The van der Waals surface area contributed by atoms with E-state index >= 15 is 70.2 Å². The van der Waals surface area contributed by atoms with Crippen molar-refractivity contribution in [2.24, 2.45) is 0 Å². The summed E-state index contributed by atoms with van der Waals surface area (Å²) in [6.45, 7) is 0. The SMILES string of the molecule is Fc1c(F)c(-c2c(F)c(F)c(-c3c(F)c(F)c(C(F)(F)F)c(F)c3F)c(F)c2F)c(F)c(F)c1-c1c(F)c(F)c(-c2c(F)c(F)c(-c3c(F)c(F)c(C(F)(F)F)c(F)c3F)c(F)c2F)c(F)c1F. The van der Waals surface area contributed by atoms with Crippen molar-refractivity contribution in [2.45, 2.75) is 12.4 Å². The standard InChI is InChI=1S/C38F30/c39-13-1(14(40)18(44)3(17(13)43)5-21(47)25(51)7(26(52)22(5)48)9-29(55)33(59)11(37(63,64)65)34(60)30(9)56)2-15(41)19(45)4(20(46)16(2)42)6-23(49)27(53)8(28(54)24(6)50)10-31(57)35(61)12(38(66,67)68)36(62)32(10)58. The molecule has 0 atom stereocenters. The molecule has 6 rings (SSSR count). The Balaban J connectivity index is 1.58. The van der Waals surface area contributed by atoms with Crippen LogP contribution in [0.25, 0.3) is 55.6 Å². The molecule has 0 saturated heterocycles. The largest absolute Gasteiger partial charge is 0.422 e. The van der Waals surface area contributed by atoms with Gasteiger partial charge in [0.05, 0.1) is 55.6 Å². The van der Waals surface area contributed by atoms with Crippen molar-refractivity contribution in [1.29, 1.82) is 0 Å². The first-order chi connectivity index (χ1) is 31.1. The Hall–Kier alpha value is -6.78. The molecule has 0 nitrogen and oxygen atoms in total. The van der Waals surface area contributed by atoms with E-state index in [0.29, 0.717) is 0 Å².